The van der Waals surface area contributed by atoms with Gasteiger partial charge < -0.3 is 9.47 Å². The second kappa shape index (κ2) is 7.57. The smallest absolute Gasteiger partial charge is 0.264 e. The van der Waals surface area contributed by atoms with Crippen LogP contribution < -0.4 is 13.8 Å². The molecular formula is C21H17ClFNO4S. The number of anilines is 1. The molecular weight excluding hydrogens is 417 g/mol. The van der Waals surface area contributed by atoms with E-state index in [0.29, 0.717) is 27.8 Å². The Labute approximate surface area is 173 Å². The minimum atomic E-state index is -3.96. The van der Waals surface area contributed by atoms with Crippen LogP contribution in [0.3, 0.4) is 0 Å². The van der Waals surface area contributed by atoms with Crippen LogP contribution in [0, 0.1) is 5.82 Å². The van der Waals surface area contributed by atoms with Gasteiger partial charge in [0.1, 0.15) is 5.82 Å². The SMILES string of the molecule is C[C@@H](c1ccc(F)cc1)N(c1ccc2c(c1)OCO2)S(=O)(=O)c1ccc(Cl)cc1. The zero-order chi connectivity index (χ0) is 20.6. The van der Waals surface area contributed by atoms with Gasteiger partial charge in [0.15, 0.2) is 11.5 Å². The first-order valence-electron chi connectivity index (χ1n) is 8.81. The molecule has 150 valence electrons. The van der Waals surface area contributed by atoms with Crippen molar-refractivity contribution < 1.29 is 22.3 Å². The van der Waals surface area contributed by atoms with E-state index in [1.807, 2.05) is 0 Å². The van der Waals surface area contributed by atoms with Gasteiger partial charge in [-0.2, -0.15) is 0 Å². The molecule has 0 aromatic heterocycles. The minimum Gasteiger partial charge on any atom is -0.454 e. The summed E-state index contributed by atoms with van der Waals surface area (Å²) in [7, 11) is -3.96. The number of hydrogen-bond donors (Lipinski definition) is 0. The Balaban J connectivity index is 1.84. The van der Waals surface area contributed by atoms with Gasteiger partial charge in [0.25, 0.3) is 10.0 Å². The van der Waals surface area contributed by atoms with E-state index in [-0.39, 0.29) is 11.7 Å². The van der Waals surface area contributed by atoms with Crippen molar-refractivity contribution in [1.82, 2.24) is 0 Å². The van der Waals surface area contributed by atoms with E-state index in [1.54, 1.807) is 37.3 Å². The zero-order valence-corrected chi connectivity index (χ0v) is 17.0. The van der Waals surface area contributed by atoms with E-state index >= 15 is 0 Å². The van der Waals surface area contributed by atoms with Gasteiger partial charge in [0.05, 0.1) is 16.6 Å². The third-order valence-electron chi connectivity index (χ3n) is 4.69. The van der Waals surface area contributed by atoms with Crippen LogP contribution in [0.15, 0.2) is 71.6 Å². The minimum absolute atomic E-state index is 0.0796. The number of hydrogen-bond acceptors (Lipinski definition) is 4. The summed E-state index contributed by atoms with van der Waals surface area (Å²) < 4.78 is 52.5. The van der Waals surface area contributed by atoms with Gasteiger partial charge in [-0.1, -0.05) is 23.7 Å². The van der Waals surface area contributed by atoms with Crippen LogP contribution in [0.5, 0.6) is 11.5 Å². The summed E-state index contributed by atoms with van der Waals surface area (Å²) >= 11 is 5.92. The summed E-state index contributed by atoms with van der Waals surface area (Å²) in [5, 5.41) is 0.435. The maximum absolute atomic E-state index is 13.6. The molecule has 0 bridgehead atoms. The average molecular weight is 434 g/mol. The van der Waals surface area contributed by atoms with Gasteiger partial charge in [-0.05, 0) is 61.0 Å². The van der Waals surface area contributed by atoms with E-state index in [0.717, 1.165) is 0 Å². The molecule has 8 heteroatoms. The zero-order valence-electron chi connectivity index (χ0n) is 15.4. The Morgan fingerprint density at radius 3 is 2.31 bits per heavy atom. The number of nitrogens with zero attached hydrogens (tertiary/aromatic N) is 1. The predicted molar refractivity (Wildman–Crippen MR) is 108 cm³/mol. The Morgan fingerprint density at radius 2 is 1.62 bits per heavy atom. The molecule has 1 heterocycles. The average Bonchev–Trinajstić information content (AvgIpc) is 3.16. The summed E-state index contributed by atoms with van der Waals surface area (Å²) in [5.41, 5.74) is 1.04. The fourth-order valence-electron chi connectivity index (χ4n) is 3.19. The molecule has 29 heavy (non-hydrogen) atoms. The maximum atomic E-state index is 13.6. The lowest BCUT2D eigenvalue weighted by Crippen LogP contribution is -2.33. The van der Waals surface area contributed by atoms with E-state index in [4.69, 9.17) is 21.1 Å². The molecule has 0 amide bonds. The van der Waals surface area contributed by atoms with E-state index in [1.165, 1.54) is 40.7 Å². The molecule has 1 aliphatic rings. The lowest BCUT2D eigenvalue weighted by Gasteiger charge is -2.31. The predicted octanol–water partition coefficient (Wildman–Crippen LogP) is 5.16. The number of rotatable bonds is 5. The van der Waals surface area contributed by atoms with Crippen molar-refractivity contribution in [3.8, 4) is 11.5 Å². The second-order valence-corrected chi connectivity index (χ2v) is 8.77. The number of benzene rings is 3. The van der Waals surface area contributed by atoms with Crippen LogP contribution in [-0.2, 0) is 10.0 Å². The van der Waals surface area contributed by atoms with Crippen molar-refractivity contribution >= 4 is 27.3 Å². The van der Waals surface area contributed by atoms with Crippen LogP contribution in [-0.4, -0.2) is 15.2 Å². The topological polar surface area (TPSA) is 55.8 Å². The van der Waals surface area contributed by atoms with Gasteiger partial charge in [0, 0.05) is 11.1 Å². The highest BCUT2D eigenvalue weighted by Crippen LogP contribution is 2.40. The van der Waals surface area contributed by atoms with Gasteiger partial charge in [-0.15, -0.1) is 0 Å². The lowest BCUT2D eigenvalue weighted by molar-refractivity contribution is 0.174. The molecule has 0 spiro atoms. The van der Waals surface area contributed by atoms with Gasteiger partial charge >= 0.3 is 0 Å². The van der Waals surface area contributed by atoms with Crippen LogP contribution >= 0.6 is 11.6 Å². The van der Waals surface area contributed by atoms with Crippen molar-refractivity contribution in [3.63, 3.8) is 0 Å². The van der Waals surface area contributed by atoms with E-state index in [9.17, 15) is 12.8 Å². The van der Waals surface area contributed by atoms with Crippen molar-refractivity contribution in [1.29, 1.82) is 0 Å². The molecule has 0 saturated carbocycles. The van der Waals surface area contributed by atoms with Crippen LogP contribution in [0.2, 0.25) is 5.02 Å². The summed E-state index contributed by atoms with van der Waals surface area (Å²) in [6.07, 6.45) is 0. The molecule has 3 aromatic rings. The van der Waals surface area contributed by atoms with Crippen LogP contribution in [0.25, 0.3) is 0 Å². The standard InChI is InChI=1S/C21H17ClFNO4S/c1-14(15-2-6-17(23)7-3-15)24(18-8-11-20-21(12-18)28-13-27-20)29(25,26)19-9-4-16(22)5-10-19/h2-12,14H,13H2,1H3/t14-/m0/s1. The first-order chi connectivity index (χ1) is 13.9. The van der Waals surface area contributed by atoms with E-state index < -0.39 is 21.9 Å². The van der Waals surface area contributed by atoms with Gasteiger partial charge in [-0.25, -0.2) is 12.8 Å². The second-order valence-electron chi connectivity index (χ2n) is 6.52. The van der Waals surface area contributed by atoms with Crippen LogP contribution in [0.4, 0.5) is 10.1 Å². The number of halogens is 2. The Bertz CT molecular complexity index is 1130. The Hall–Kier alpha value is -2.77. The molecule has 0 saturated heterocycles. The summed E-state index contributed by atoms with van der Waals surface area (Å²) in [4.78, 5) is 0.0912. The quantitative estimate of drug-likeness (QED) is 0.557. The highest BCUT2D eigenvalue weighted by atomic mass is 35.5. The molecule has 5 nitrogen and oxygen atoms in total. The summed E-state index contributed by atoms with van der Waals surface area (Å²) in [5.74, 6) is 0.619. The molecule has 0 fully saturated rings. The molecule has 1 aliphatic heterocycles. The molecule has 4 rings (SSSR count). The molecule has 0 unspecified atom stereocenters. The fraction of sp³-hybridized carbons (Fsp3) is 0.143. The van der Waals surface area contributed by atoms with Crippen molar-refractivity contribution in [3.05, 3.63) is 83.1 Å². The normalized spacial score (nSPS) is 13.9. The lowest BCUT2D eigenvalue weighted by atomic mass is 10.1. The summed E-state index contributed by atoms with van der Waals surface area (Å²) in [6.45, 7) is 1.82. The maximum Gasteiger partial charge on any atom is 0.264 e. The third-order valence-corrected chi connectivity index (χ3v) is 6.85. The van der Waals surface area contributed by atoms with Crippen molar-refractivity contribution in [2.75, 3.05) is 11.1 Å². The number of fused-ring (bicyclic) bond motifs is 1. The number of ether oxygens (including phenoxy) is 2. The largest absolute Gasteiger partial charge is 0.454 e. The monoisotopic (exact) mass is 433 g/mol. The highest BCUT2D eigenvalue weighted by Gasteiger charge is 2.31. The molecule has 0 aliphatic carbocycles. The van der Waals surface area contributed by atoms with Crippen molar-refractivity contribution in [2.45, 2.75) is 17.9 Å². The summed E-state index contributed by atoms with van der Waals surface area (Å²) in [6, 6.07) is 16.0. The first kappa shape index (κ1) is 19.5. The molecule has 0 N–H and O–H groups in total. The number of sulfonamides is 1. The molecule has 1 atom stereocenters. The Kier molecular flexibility index (Phi) is 5.10. The molecule has 3 aromatic carbocycles. The van der Waals surface area contributed by atoms with Gasteiger partial charge in [-0.3, -0.25) is 4.31 Å². The molecule has 0 radical (unpaired) electrons. The van der Waals surface area contributed by atoms with Gasteiger partial charge in [0.2, 0.25) is 6.79 Å². The first-order valence-corrected chi connectivity index (χ1v) is 10.6. The third kappa shape index (κ3) is 3.75. The van der Waals surface area contributed by atoms with Crippen LogP contribution in [0.1, 0.15) is 18.5 Å². The Morgan fingerprint density at radius 1 is 0.966 bits per heavy atom. The fourth-order valence-corrected chi connectivity index (χ4v) is 4.95. The van der Waals surface area contributed by atoms with Crippen molar-refractivity contribution in [2.24, 2.45) is 0 Å². The highest BCUT2D eigenvalue weighted by molar-refractivity contribution is 7.92. The van der Waals surface area contributed by atoms with E-state index in [2.05, 4.69) is 0 Å².